The molecule has 0 unspecified atom stereocenters. The van der Waals surface area contributed by atoms with Gasteiger partial charge in [0.1, 0.15) is 23.3 Å². The number of nitrogens with zero attached hydrogens (tertiary/aromatic N) is 4. The van der Waals surface area contributed by atoms with Crippen molar-refractivity contribution in [3.8, 4) is 23.1 Å². The summed E-state index contributed by atoms with van der Waals surface area (Å²) in [6.07, 6.45) is 6.73. The third-order valence-electron chi connectivity index (χ3n) is 8.03. The quantitative estimate of drug-likeness (QED) is 0.244. The number of hydrogen-bond donors (Lipinski definition) is 1. The maximum absolute atomic E-state index is 9.78. The number of benzene rings is 2. The summed E-state index contributed by atoms with van der Waals surface area (Å²) in [6, 6.07) is 16.3. The predicted molar refractivity (Wildman–Crippen MR) is 160 cm³/mol. The zero-order valence-electron chi connectivity index (χ0n) is 22.4. The van der Waals surface area contributed by atoms with Crippen LogP contribution >= 0.6 is 23.2 Å². The van der Waals surface area contributed by atoms with E-state index < -0.39 is 0 Å². The normalized spacial score (nSPS) is 16.9. The van der Waals surface area contributed by atoms with E-state index in [1.807, 2.05) is 24.3 Å². The number of aromatic nitrogens is 1. The molecule has 2 aliphatic heterocycles. The standard InChI is InChI=1S/C31H31Cl2N5O2/c1-39-30-16-28(25(32)15-26(30)33)36-31-21(17-34)18-35-27-14-20(4-6-24(27)31)29-7-5-23(40-29)19-37-12-8-22(9-13-37)38-10-2-3-11-38/h4-7,14-16,18,22H,2-3,8-13,19H2,1H3,(H,35,36). The third-order valence-corrected chi connectivity index (χ3v) is 8.64. The molecule has 206 valence electrons. The molecule has 2 saturated heterocycles. The van der Waals surface area contributed by atoms with Crippen molar-refractivity contribution in [2.75, 3.05) is 38.6 Å². The lowest BCUT2D eigenvalue weighted by Gasteiger charge is -2.36. The minimum absolute atomic E-state index is 0.402. The molecule has 7 nitrogen and oxygen atoms in total. The highest BCUT2D eigenvalue weighted by Gasteiger charge is 2.26. The SMILES string of the molecule is COc1cc(Nc2c(C#N)cnc3cc(-c4ccc(CN5CCC(N6CCCC6)CC5)o4)ccc23)c(Cl)cc1Cl. The molecule has 0 aliphatic carbocycles. The number of nitriles is 1. The molecule has 6 rings (SSSR count). The van der Waals surface area contributed by atoms with Gasteiger partial charge < -0.3 is 19.4 Å². The Balaban J connectivity index is 1.20. The highest BCUT2D eigenvalue weighted by atomic mass is 35.5. The van der Waals surface area contributed by atoms with E-state index in [0.29, 0.717) is 32.7 Å². The Kier molecular flexibility index (Phi) is 7.86. The fourth-order valence-corrected chi connectivity index (χ4v) is 6.38. The second kappa shape index (κ2) is 11.7. The van der Waals surface area contributed by atoms with Gasteiger partial charge >= 0.3 is 0 Å². The molecular formula is C31H31Cl2N5O2. The van der Waals surface area contributed by atoms with Gasteiger partial charge in [0.05, 0.1) is 46.2 Å². The molecule has 2 fully saturated rings. The van der Waals surface area contributed by atoms with Crippen molar-refractivity contribution < 1.29 is 9.15 Å². The van der Waals surface area contributed by atoms with Crippen LogP contribution < -0.4 is 10.1 Å². The zero-order chi connectivity index (χ0) is 27.6. The van der Waals surface area contributed by atoms with Crippen LogP contribution in [0.25, 0.3) is 22.2 Å². The highest BCUT2D eigenvalue weighted by molar-refractivity contribution is 6.37. The third kappa shape index (κ3) is 5.50. The Morgan fingerprint density at radius 1 is 1.05 bits per heavy atom. The minimum Gasteiger partial charge on any atom is -0.495 e. The number of ether oxygens (including phenoxy) is 1. The summed E-state index contributed by atoms with van der Waals surface area (Å²) < 4.78 is 11.6. The molecule has 1 N–H and O–H groups in total. The van der Waals surface area contributed by atoms with Gasteiger partial charge in [-0.2, -0.15) is 5.26 Å². The number of likely N-dealkylation sites (tertiary alicyclic amines) is 2. The summed E-state index contributed by atoms with van der Waals surface area (Å²) in [5, 5.41) is 14.7. The first-order valence-electron chi connectivity index (χ1n) is 13.7. The van der Waals surface area contributed by atoms with Gasteiger partial charge in [-0.25, -0.2) is 0 Å². The molecule has 4 aromatic rings. The molecule has 0 bridgehead atoms. The van der Waals surface area contributed by atoms with Crippen LogP contribution in [0.15, 0.2) is 53.1 Å². The van der Waals surface area contributed by atoms with Gasteiger partial charge in [0.15, 0.2) is 0 Å². The van der Waals surface area contributed by atoms with E-state index >= 15 is 0 Å². The van der Waals surface area contributed by atoms with Gasteiger partial charge in [-0.15, -0.1) is 0 Å². The summed E-state index contributed by atoms with van der Waals surface area (Å²) in [6.45, 7) is 5.58. The number of rotatable bonds is 7. The predicted octanol–water partition coefficient (Wildman–Crippen LogP) is 7.49. The number of piperidine rings is 1. The van der Waals surface area contributed by atoms with E-state index in [1.165, 1.54) is 38.8 Å². The summed E-state index contributed by atoms with van der Waals surface area (Å²) in [5.41, 5.74) is 3.26. The smallest absolute Gasteiger partial charge is 0.139 e. The first-order valence-corrected chi connectivity index (χ1v) is 14.5. The van der Waals surface area contributed by atoms with E-state index in [9.17, 15) is 5.26 Å². The first-order chi connectivity index (χ1) is 19.5. The Labute approximate surface area is 244 Å². The van der Waals surface area contributed by atoms with Crippen LogP contribution in [0.4, 0.5) is 11.4 Å². The molecule has 2 aromatic heterocycles. The van der Waals surface area contributed by atoms with Crippen molar-refractivity contribution >= 4 is 45.5 Å². The van der Waals surface area contributed by atoms with Crippen molar-refractivity contribution in [2.24, 2.45) is 0 Å². The molecule has 0 atom stereocenters. The topological polar surface area (TPSA) is 77.6 Å². The Hall–Kier alpha value is -3.28. The monoisotopic (exact) mass is 575 g/mol. The average molecular weight is 577 g/mol. The van der Waals surface area contributed by atoms with Gasteiger partial charge in [0.25, 0.3) is 0 Å². The van der Waals surface area contributed by atoms with Gasteiger partial charge in [-0.1, -0.05) is 29.3 Å². The molecular weight excluding hydrogens is 545 g/mol. The average Bonchev–Trinajstić information content (AvgIpc) is 3.68. The summed E-state index contributed by atoms with van der Waals surface area (Å²) >= 11 is 12.7. The minimum atomic E-state index is 0.402. The van der Waals surface area contributed by atoms with Crippen molar-refractivity contribution in [1.29, 1.82) is 5.26 Å². The number of methoxy groups -OCH3 is 1. The van der Waals surface area contributed by atoms with Crippen molar-refractivity contribution in [2.45, 2.75) is 38.3 Å². The van der Waals surface area contributed by atoms with Crippen LogP contribution in [0, 0.1) is 11.3 Å². The number of anilines is 2. The van der Waals surface area contributed by atoms with Crippen molar-refractivity contribution in [1.82, 2.24) is 14.8 Å². The Morgan fingerprint density at radius 3 is 2.60 bits per heavy atom. The lowest BCUT2D eigenvalue weighted by molar-refractivity contribution is 0.118. The van der Waals surface area contributed by atoms with Crippen LogP contribution in [-0.2, 0) is 6.54 Å². The molecule has 9 heteroatoms. The molecule has 2 aliphatic rings. The summed E-state index contributed by atoms with van der Waals surface area (Å²) in [4.78, 5) is 9.73. The van der Waals surface area contributed by atoms with Crippen LogP contribution in [0.1, 0.15) is 37.0 Å². The van der Waals surface area contributed by atoms with Crippen LogP contribution in [0.2, 0.25) is 10.0 Å². The Bertz CT molecular complexity index is 1570. The summed E-state index contributed by atoms with van der Waals surface area (Å²) in [7, 11) is 1.54. The molecule has 4 heterocycles. The largest absolute Gasteiger partial charge is 0.495 e. The van der Waals surface area contributed by atoms with Crippen molar-refractivity contribution in [3.63, 3.8) is 0 Å². The van der Waals surface area contributed by atoms with E-state index in [-0.39, 0.29) is 0 Å². The lowest BCUT2D eigenvalue weighted by Crippen LogP contribution is -2.43. The second-order valence-corrected chi connectivity index (χ2v) is 11.3. The molecule has 0 saturated carbocycles. The molecule has 0 spiro atoms. The second-order valence-electron chi connectivity index (χ2n) is 10.5. The fourth-order valence-electron chi connectivity index (χ4n) is 5.87. The van der Waals surface area contributed by atoms with Gasteiger partial charge in [0, 0.05) is 42.3 Å². The number of furan rings is 1. The molecule has 0 amide bonds. The number of hydrogen-bond acceptors (Lipinski definition) is 7. The maximum atomic E-state index is 9.78. The maximum Gasteiger partial charge on any atom is 0.139 e. The van der Waals surface area contributed by atoms with Crippen LogP contribution in [0.5, 0.6) is 5.75 Å². The van der Waals surface area contributed by atoms with E-state index in [0.717, 1.165) is 53.7 Å². The van der Waals surface area contributed by atoms with Crippen molar-refractivity contribution in [3.05, 3.63) is 70.0 Å². The number of halogens is 2. The number of nitrogens with one attached hydrogen (secondary N) is 1. The van der Waals surface area contributed by atoms with Gasteiger partial charge in [-0.3, -0.25) is 9.88 Å². The van der Waals surface area contributed by atoms with E-state index in [4.69, 9.17) is 32.4 Å². The molecule has 40 heavy (non-hydrogen) atoms. The number of pyridine rings is 1. The van der Waals surface area contributed by atoms with Crippen LogP contribution in [0.3, 0.4) is 0 Å². The van der Waals surface area contributed by atoms with Gasteiger partial charge in [-0.05, 0) is 69.1 Å². The molecule has 2 aromatic carbocycles. The Morgan fingerprint density at radius 2 is 1.85 bits per heavy atom. The lowest BCUT2D eigenvalue weighted by atomic mass is 10.0. The number of fused-ring (bicyclic) bond motifs is 1. The zero-order valence-corrected chi connectivity index (χ0v) is 23.9. The highest BCUT2D eigenvalue weighted by Crippen LogP contribution is 2.38. The van der Waals surface area contributed by atoms with E-state index in [2.05, 4.69) is 32.2 Å². The van der Waals surface area contributed by atoms with Crippen LogP contribution in [-0.4, -0.2) is 54.1 Å². The van der Waals surface area contributed by atoms with Gasteiger partial charge in [0.2, 0.25) is 0 Å². The van der Waals surface area contributed by atoms with E-state index in [1.54, 1.807) is 25.4 Å². The fraction of sp³-hybridized carbons (Fsp3) is 0.355. The molecule has 0 radical (unpaired) electrons. The summed E-state index contributed by atoms with van der Waals surface area (Å²) in [5.74, 6) is 2.25. The first kappa shape index (κ1) is 26.9.